The van der Waals surface area contributed by atoms with Crippen LogP contribution in [0.2, 0.25) is 0 Å². The van der Waals surface area contributed by atoms with E-state index in [4.69, 9.17) is 5.11 Å². The van der Waals surface area contributed by atoms with Crippen LogP contribution in [-0.2, 0) is 14.4 Å². The molecule has 1 fully saturated rings. The third kappa shape index (κ3) is 5.93. The molecular weight excluding hydrogens is 270 g/mol. The van der Waals surface area contributed by atoms with Crippen LogP contribution in [0.1, 0.15) is 0 Å². The fourth-order valence-electron chi connectivity index (χ4n) is 1.75. The Morgan fingerprint density at radius 1 is 1.16 bits per heavy atom. The molecule has 0 aliphatic carbocycles. The van der Waals surface area contributed by atoms with Crippen LogP contribution in [0, 0.1) is 0 Å². The molecule has 0 aromatic heterocycles. The van der Waals surface area contributed by atoms with Gasteiger partial charge in [-0.05, 0) is 0 Å². The second-order valence-electron chi connectivity index (χ2n) is 4.22. The summed E-state index contributed by atoms with van der Waals surface area (Å²) >= 11 is 1.11. The molecule has 0 radical (unpaired) electrons. The smallest absolute Gasteiger partial charge is 0.313 e. The minimum absolute atomic E-state index is 0.0307. The lowest BCUT2D eigenvalue weighted by molar-refractivity contribution is -0.134. The van der Waals surface area contributed by atoms with Gasteiger partial charge < -0.3 is 15.3 Å². The first kappa shape index (κ1) is 15.8. The highest BCUT2D eigenvalue weighted by molar-refractivity contribution is 8.00. The summed E-state index contributed by atoms with van der Waals surface area (Å²) in [6.07, 6.45) is 0. The Balaban J connectivity index is 2.23. The molecule has 108 valence electrons. The molecule has 0 saturated carbocycles. The molecule has 1 aliphatic heterocycles. The maximum atomic E-state index is 11.8. The minimum Gasteiger partial charge on any atom is -0.481 e. The van der Waals surface area contributed by atoms with Gasteiger partial charge in [-0.25, -0.2) is 0 Å². The van der Waals surface area contributed by atoms with Gasteiger partial charge >= 0.3 is 5.97 Å². The number of likely N-dealkylation sites (N-methyl/N-ethyl adjacent to an activating group) is 1. The van der Waals surface area contributed by atoms with Gasteiger partial charge in [-0.1, -0.05) is 0 Å². The molecule has 2 N–H and O–H groups in total. The van der Waals surface area contributed by atoms with Gasteiger partial charge in [0.15, 0.2) is 0 Å². The maximum Gasteiger partial charge on any atom is 0.313 e. The van der Waals surface area contributed by atoms with Crippen LogP contribution in [0.5, 0.6) is 0 Å². The van der Waals surface area contributed by atoms with Crippen LogP contribution in [0.4, 0.5) is 0 Å². The van der Waals surface area contributed by atoms with Crippen molar-refractivity contribution in [2.24, 2.45) is 0 Å². The normalized spacial score (nSPS) is 16.2. The van der Waals surface area contributed by atoms with E-state index in [1.54, 1.807) is 11.9 Å². The quantitative estimate of drug-likeness (QED) is 0.631. The molecule has 1 rings (SSSR count). The summed E-state index contributed by atoms with van der Waals surface area (Å²) in [6.45, 7) is 2.87. The van der Waals surface area contributed by atoms with Gasteiger partial charge in [-0.3, -0.25) is 19.3 Å². The molecule has 1 heterocycles. The van der Waals surface area contributed by atoms with Crippen LogP contribution in [0.3, 0.4) is 0 Å². The van der Waals surface area contributed by atoms with Crippen LogP contribution in [0.15, 0.2) is 0 Å². The Kier molecular flexibility index (Phi) is 6.65. The summed E-state index contributed by atoms with van der Waals surface area (Å²) in [7, 11) is 1.60. The second-order valence-corrected chi connectivity index (χ2v) is 5.20. The predicted molar refractivity (Wildman–Crippen MR) is 72.0 cm³/mol. The first-order valence-electron chi connectivity index (χ1n) is 6.03. The number of carbonyl (C=O) groups excluding carboxylic acids is 2. The van der Waals surface area contributed by atoms with Gasteiger partial charge in [0, 0.05) is 33.2 Å². The van der Waals surface area contributed by atoms with E-state index in [0.29, 0.717) is 32.7 Å². The Bertz CT molecular complexity index is 343. The molecule has 2 amide bonds. The molecule has 1 aliphatic rings. The molecule has 8 heteroatoms. The molecule has 1 saturated heterocycles. The Labute approximate surface area is 116 Å². The lowest BCUT2D eigenvalue weighted by Crippen LogP contribution is -2.51. The lowest BCUT2D eigenvalue weighted by Gasteiger charge is -2.34. The molecule has 0 unspecified atom stereocenters. The number of thioether (sulfide) groups is 1. The Hall–Kier alpha value is -1.28. The van der Waals surface area contributed by atoms with E-state index >= 15 is 0 Å². The van der Waals surface area contributed by atoms with Crippen molar-refractivity contribution in [2.75, 3.05) is 51.3 Å². The number of hydrogen-bond donors (Lipinski definition) is 2. The highest BCUT2D eigenvalue weighted by Crippen LogP contribution is 2.06. The number of carbonyl (C=O) groups is 3. The summed E-state index contributed by atoms with van der Waals surface area (Å²) in [6, 6.07) is 0. The van der Waals surface area contributed by atoms with E-state index in [1.807, 2.05) is 4.90 Å². The molecular formula is C11H19N3O4S. The second kappa shape index (κ2) is 8.00. The van der Waals surface area contributed by atoms with Crippen molar-refractivity contribution in [2.45, 2.75) is 0 Å². The number of rotatable bonds is 6. The van der Waals surface area contributed by atoms with Crippen molar-refractivity contribution in [1.82, 2.24) is 15.1 Å². The zero-order valence-corrected chi connectivity index (χ0v) is 11.7. The predicted octanol–water partition coefficient (Wildman–Crippen LogP) is -1.31. The number of piperazine rings is 1. The van der Waals surface area contributed by atoms with Crippen LogP contribution >= 0.6 is 11.8 Å². The summed E-state index contributed by atoms with van der Waals surface area (Å²) in [5, 5.41) is 11.1. The summed E-state index contributed by atoms with van der Waals surface area (Å²) in [5.74, 6) is -0.833. The number of amides is 2. The van der Waals surface area contributed by atoms with Crippen molar-refractivity contribution in [3.05, 3.63) is 0 Å². The first-order chi connectivity index (χ1) is 9.02. The molecule has 7 nitrogen and oxygen atoms in total. The molecule has 0 bridgehead atoms. The molecule has 19 heavy (non-hydrogen) atoms. The van der Waals surface area contributed by atoms with Crippen molar-refractivity contribution in [3.8, 4) is 0 Å². The van der Waals surface area contributed by atoms with Crippen molar-refractivity contribution < 1.29 is 19.5 Å². The average molecular weight is 289 g/mol. The van der Waals surface area contributed by atoms with Crippen LogP contribution < -0.4 is 5.32 Å². The van der Waals surface area contributed by atoms with Crippen LogP contribution in [-0.4, -0.2) is 84.0 Å². The fourth-order valence-corrected chi connectivity index (χ4v) is 2.39. The average Bonchev–Trinajstić information content (AvgIpc) is 2.38. The maximum absolute atomic E-state index is 11.8. The van der Waals surface area contributed by atoms with Crippen molar-refractivity contribution >= 4 is 29.5 Å². The Morgan fingerprint density at radius 2 is 1.79 bits per heavy atom. The molecule has 0 spiro atoms. The molecule has 0 aromatic rings. The van der Waals surface area contributed by atoms with E-state index < -0.39 is 5.97 Å². The third-order valence-electron chi connectivity index (χ3n) is 2.82. The number of carboxylic acid groups (broad SMARTS) is 1. The Morgan fingerprint density at radius 3 is 2.32 bits per heavy atom. The summed E-state index contributed by atoms with van der Waals surface area (Å²) in [5.41, 5.74) is 0. The highest BCUT2D eigenvalue weighted by Gasteiger charge is 2.21. The number of aliphatic carboxylic acids is 1. The number of nitrogens with zero attached hydrogens (tertiary/aromatic N) is 2. The zero-order chi connectivity index (χ0) is 14.3. The fraction of sp³-hybridized carbons (Fsp3) is 0.727. The van der Waals surface area contributed by atoms with Crippen molar-refractivity contribution in [3.63, 3.8) is 0 Å². The number of nitrogens with one attached hydrogen (secondary N) is 1. The van der Waals surface area contributed by atoms with Gasteiger partial charge in [-0.15, -0.1) is 11.8 Å². The standard InChI is InChI=1S/C11H19N3O4S/c1-12-9(15)6-13-2-4-14(5-3-13)10(16)7-19-8-11(17)18/h2-8H2,1H3,(H,12,15)(H,17,18). The third-order valence-corrected chi connectivity index (χ3v) is 3.72. The van der Waals surface area contributed by atoms with E-state index in [2.05, 4.69) is 5.32 Å². The monoisotopic (exact) mass is 289 g/mol. The molecule has 0 aromatic carbocycles. The SMILES string of the molecule is CNC(=O)CN1CCN(C(=O)CSCC(=O)O)CC1. The van der Waals surface area contributed by atoms with Gasteiger partial charge in [0.25, 0.3) is 0 Å². The largest absolute Gasteiger partial charge is 0.481 e. The van der Waals surface area contributed by atoms with E-state index in [-0.39, 0.29) is 23.3 Å². The number of carboxylic acids is 1. The zero-order valence-electron chi connectivity index (χ0n) is 10.9. The summed E-state index contributed by atoms with van der Waals surface area (Å²) < 4.78 is 0. The summed E-state index contributed by atoms with van der Waals surface area (Å²) in [4.78, 5) is 37.0. The van der Waals surface area contributed by atoms with Gasteiger partial charge in [0.05, 0.1) is 18.1 Å². The lowest BCUT2D eigenvalue weighted by atomic mass is 10.3. The van der Waals surface area contributed by atoms with E-state index in [1.165, 1.54) is 0 Å². The van der Waals surface area contributed by atoms with E-state index in [9.17, 15) is 14.4 Å². The first-order valence-corrected chi connectivity index (χ1v) is 7.18. The topological polar surface area (TPSA) is 90.0 Å². The highest BCUT2D eigenvalue weighted by atomic mass is 32.2. The van der Waals surface area contributed by atoms with Gasteiger partial charge in [0.2, 0.25) is 11.8 Å². The van der Waals surface area contributed by atoms with Crippen LogP contribution in [0.25, 0.3) is 0 Å². The van der Waals surface area contributed by atoms with E-state index in [0.717, 1.165) is 11.8 Å². The minimum atomic E-state index is -0.909. The van der Waals surface area contributed by atoms with Gasteiger partial charge in [0.1, 0.15) is 0 Å². The molecule has 0 atom stereocenters. The number of hydrogen-bond acceptors (Lipinski definition) is 5. The van der Waals surface area contributed by atoms with Gasteiger partial charge in [-0.2, -0.15) is 0 Å². The van der Waals surface area contributed by atoms with Crippen molar-refractivity contribution in [1.29, 1.82) is 0 Å².